The summed E-state index contributed by atoms with van der Waals surface area (Å²) in [5.41, 5.74) is 0.343. The maximum atomic E-state index is 13.2. The highest BCUT2D eigenvalue weighted by Crippen LogP contribution is 2.28. The number of aliphatic hydroxyl groups excluding tert-OH is 1. The molecule has 0 aromatic heterocycles. The fourth-order valence-electron chi connectivity index (χ4n) is 3.21. The quantitative estimate of drug-likeness (QED) is 0.580. The van der Waals surface area contributed by atoms with E-state index in [1.807, 2.05) is 0 Å². The molecule has 0 bridgehead atoms. The molecule has 1 heterocycles. The van der Waals surface area contributed by atoms with Gasteiger partial charge in [-0.25, -0.2) is 9.18 Å². The number of benzene rings is 1. The first-order chi connectivity index (χ1) is 13.0. The Bertz CT molecular complexity index is 668. The molecule has 27 heavy (non-hydrogen) atoms. The summed E-state index contributed by atoms with van der Waals surface area (Å²) in [6.07, 6.45) is 2.95. The van der Waals surface area contributed by atoms with Crippen LogP contribution >= 0.6 is 0 Å². The van der Waals surface area contributed by atoms with E-state index in [1.165, 1.54) is 31.0 Å². The zero-order valence-corrected chi connectivity index (χ0v) is 15.1. The maximum Gasteiger partial charge on any atom is 0.319 e. The fourth-order valence-corrected chi connectivity index (χ4v) is 3.21. The van der Waals surface area contributed by atoms with E-state index in [-0.39, 0.29) is 31.1 Å². The van der Waals surface area contributed by atoms with Gasteiger partial charge in [-0.15, -0.1) is 0 Å². The Kier molecular flexibility index (Phi) is 6.63. The average Bonchev–Trinajstić information content (AvgIpc) is 3.45. The number of hydrogen-bond acceptors (Lipinski definition) is 4. The number of carbonyl (C=O) groups excluding carboxylic acids is 2. The van der Waals surface area contributed by atoms with Gasteiger partial charge in [0.05, 0.1) is 25.2 Å². The van der Waals surface area contributed by atoms with E-state index in [0.717, 1.165) is 6.54 Å². The topological polar surface area (TPSA) is 99.7 Å². The Hall–Kier alpha value is -2.19. The molecule has 148 valence electrons. The molecule has 1 aromatic rings. The van der Waals surface area contributed by atoms with Crippen LogP contribution in [-0.2, 0) is 9.53 Å². The number of amides is 3. The summed E-state index contributed by atoms with van der Waals surface area (Å²) in [6.45, 7) is 0.463. The Morgan fingerprint density at radius 1 is 1.22 bits per heavy atom. The minimum Gasteiger partial charge on any atom is -0.394 e. The molecular weight excluding hydrogens is 353 g/mol. The lowest BCUT2D eigenvalue weighted by molar-refractivity contribution is -0.130. The van der Waals surface area contributed by atoms with Gasteiger partial charge in [0.15, 0.2) is 0 Å². The minimum absolute atomic E-state index is 0.0427. The van der Waals surface area contributed by atoms with Crippen LogP contribution in [0.25, 0.3) is 0 Å². The summed E-state index contributed by atoms with van der Waals surface area (Å²) in [6, 6.07) is 4.73. The molecule has 2 fully saturated rings. The number of urea groups is 1. The van der Waals surface area contributed by atoms with Crippen molar-refractivity contribution in [3.05, 3.63) is 30.1 Å². The third kappa shape index (κ3) is 6.18. The highest BCUT2D eigenvalue weighted by Gasteiger charge is 2.33. The van der Waals surface area contributed by atoms with Crippen LogP contribution in [0, 0.1) is 11.7 Å². The third-order valence-electron chi connectivity index (χ3n) is 4.89. The second kappa shape index (κ2) is 9.14. The van der Waals surface area contributed by atoms with Crippen LogP contribution in [0.4, 0.5) is 14.9 Å². The molecule has 1 saturated heterocycles. The smallest absolute Gasteiger partial charge is 0.319 e. The number of ether oxygens (including phenoxy) is 1. The minimum atomic E-state index is -0.585. The van der Waals surface area contributed by atoms with Gasteiger partial charge < -0.3 is 25.8 Å². The molecular formula is C19H26FN3O4. The lowest BCUT2D eigenvalue weighted by atomic mass is 9.97. The Morgan fingerprint density at radius 3 is 2.74 bits per heavy atom. The molecule has 2 aliphatic rings. The SMILES string of the molecule is O=C(C[C@@H]1CC[C@H](NC(=O)Nc2cccc(F)c2)[C@@H](CO)O1)NCC1CC1. The molecule has 1 aromatic carbocycles. The zero-order chi connectivity index (χ0) is 19.2. The molecule has 7 nitrogen and oxygen atoms in total. The predicted molar refractivity (Wildman–Crippen MR) is 97.7 cm³/mol. The number of nitrogens with one attached hydrogen (secondary N) is 3. The number of rotatable bonds is 7. The van der Waals surface area contributed by atoms with E-state index >= 15 is 0 Å². The number of carbonyl (C=O) groups is 2. The summed E-state index contributed by atoms with van der Waals surface area (Å²) < 4.78 is 19.0. The standard InChI is InChI=1S/C19H26FN3O4/c20-13-2-1-3-14(8-13)22-19(26)23-16-7-6-15(27-17(16)11-24)9-18(25)21-10-12-4-5-12/h1-3,8,12,15-17,24H,4-7,9-11H2,(H,21,25)(H2,22,23,26)/t15-,16-,17+/m0/s1. The Labute approximate surface area is 157 Å². The van der Waals surface area contributed by atoms with Crippen LogP contribution in [-0.4, -0.2) is 48.4 Å². The number of aliphatic hydroxyl groups is 1. The van der Waals surface area contributed by atoms with Gasteiger partial charge in [-0.2, -0.15) is 0 Å². The van der Waals surface area contributed by atoms with Crippen molar-refractivity contribution < 1.29 is 23.8 Å². The Morgan fingerprint density at radius 2 is 2.04 bits per heavy atom. The van der Waals surface area contributed by atoms with Crippen LogP contribution in [0.5, 0.6) is 0 Å². The molecule has 0 radical (unpaired) electrons. The first-order valence-corrected chi connectivity index (χ1v) is 9.39. The predicted octanol–water partition coefficient (Wildman–Crippen LogP) is 1.77. The summed E-state index contributed by atoms with van der Waals surface area (Å²) in [7, 11) is 0. The van der Waals surface area contributed by atoms with E-state index in [9.17, 15) is 19.1 Å². The van der Waals surface area contributed by atoms with E-state index in [4.69, 9.17) is 4.74 Å². The van der Waals surface area contributed by atoms with Crippen molar-refractivity contribution in [1.29, 1.82) is 0 Å². The van der Waals surface area contributed by atoms with Gasteiger partial charge in [0.1, 0.15) is 11.9 Å². The van der Waals surface area contributed by atoms with Gasteiger partial charge in [0, 0.05) is 12.2 Å². The summed E-state index contributed by atoms with van der Waals surface area (Å²) in [5, 5.41) is 17.8. The average molecular weight is 379 g/mol. The maximum absolute atomic E-state index is 13.2. The van der Waals surface area contributed by atoms with Crippen LogP contribution in [0.2, 0.25) is 0 Å². The number of halogens is 1. The third-order valence-corrected chi connectivity index (χ3v) is 4.89. The van der Waals surface area contributed by atoms with Crippen molar-refractivity contribution in [3.63, 3.8) is 0 Å². The van der Waals surface area contributed by atoms with Crippen LogP contribution in [0.3, 0.4) is 0 Å². The molecule has 3 rings (SSSR count). The summed E-state index contributed by atoms with van der Waals surface area (Å²) in [5.74, 6) is 0.139. The van der Waals surface area contributed by atoms with Crippen LogP contribution in [0.15, 0.2) is 24.3 Å². The van der Waals surface area contributed by atoms with Crippen molar-refractivity contribution in [2.45, 2.75) is 50.4 Å². The van der Waals surface area contributed by atoms with E-state index in [2.05, 4.69) is 16.0 Å². The molecule has 3 amide bonds. The van der Waals surface area contributed by atoms with Gasteiger partial charge in [-0.05, 0) is 49.8 Å². The zero-order valence-electron chi connectivity index (χ0n) is 15.1. The van der Waals surface area contributed by atoms with Gasteiger partial charge in [0.25, 0.3) is 0 Å². The molecule has 0 spiro atoms. The second-order valence-electron chi connectivity index (χ2n) is 7.22. The largest absolute Gasteiger partial charge is 0.394 e. The molecule has 0 unspecified atom stereocenters. The van der Waals surface area contributed by atoms with Crippen molar-refractivity contribution >= 4 is 17.6 Å². The van der Waals surface area contributed by atoms with Crippen molar-refractivity contribution in [1.82, 2.24) is 10.6 Å². The van der Waals surface area contributed by atoms with E-state index in [1.54, 1.807) is 6.07 Å². The first kappa shape index (κ1) is 19.6. The number of hydrogen-bond donors (Lipinski definition) is 4. The van der Waals surface area contributed by atoms with Gasteiger partial charge in [-0.3, -0.25) is 4.79 Å². The van der Waals surface area contributed by atoms with Crippen molar-refractivity contribution in [3.8, 4) is 0 Å². The summed E-state index contributed by atoms with van der Waals surface area (Å²) in [4.78, 5) is 24.1. The first-order valence-electron chi connectivity index (χ1n) is 9.39. The number of anilines is 1. The van der Waals surface area contributed by atoms with Gasteiger partial charge >= 0.3 is 6.03 Å². The molecule has 4 N–H and O–H groups in total. The second-order valence-corrected chi connectivity index (χ2v) is 7.22. The highest BCUT2D eigenvalue weighted by molar-refractivity contribution is 5.89. The van der Waals surface area contributed by atoms with Crippen molar-refractivity contribution in [2.24, 2.45) is 5.92 Å². The fraction of sp³-hybridized carbons (Fsp3) is 0.579. The van der Waals surface area contributed by atoms with E-state index in [0.29, 0.717) is 24.4 Å². The molecule has 1 aliphatic carbocycles. The lowest BCUT2D eigenvalue weighted by Gasteiger charge is -2.35. The monoisotopic (exact) mass is 379 g/mol. The summed E-state index contributed by atoms with van der Waals surface area (Å²) >= 11 is 0. The Balaban J connectivity index is 1.44. The van der Waals surface area contributed by atoms with Crippen molar-refractivity contribution in [2.75, 3.05) is 18.5 Å². The molecule has 1 aliphatic heterocycles. The molecule has 1 saturated carbocycles. The lowest BCUT2D eigenvalue weighted by Crippen LogP contribution is -2.52. The molecule has 8 heteroatoms. The molecule has 3 atom stereocenters. The van der Waals surface area contributed by atoms with E-state index < -0.39 is 18.0 Å². The van der Waals surface area contributed by atoms with Gasteiger partial charge in [0.2, 0.25) is 5.91 Å². The van der Waals surface area contributed by atoms with Gasteiger partial charge in [-0.1, -0.05) is 6.07 Å². The van der Waals surface area contributed by atoms with Crippen LogP contribution in [0.1, 0.15) is 32.1 Å². The van der Waals surface area contributed by atoms with Crippen LogP contribution < -0.4 is 16.0 Å². The highest BCUT2D eigenvalue weighted by atomic mass is 19.1. The normalized spacial score (nSPS) is 24.9.